The van der Waals surface area contributed by atoms with E-state index in [1.807, 2.05) is 13.8 Å². The number of guanidine groups is 1. The quantitative estimate of drug-likeness (QED) is 0.00803. The topological polar surface area (TPSA) is 602 Å². The summed E-state index contributed by atoms with van der Waals surface area (Å²) in [6, 6.07) is -2.37. The average Bonchev–Trinajstić information content (AvgIpc) is 0.972. The number of thioether (sulfide) groups is 1. The molecule has 0 radical (unpaired) electrons. The molecule has 2 aliphatic rings. The van der Waals surface area contributed by atoms with E-state index in [2.05, 4.69) is 79.3 Å². The second-order valence-corrected chi connectivity index (χ2v) is 32.3. The number of fused-ring (bicyclic) bond motifs is 5. The van der Waals surface area contributed by atoms with Crippen LogP contribution >= 0.6 is 33.3 Å². The summed E-state index contributed by atoms with van der Waals surface area (Å²) in [5, 5.41) is 57.7. The van der Waals surface area contributed by atoms with Crippen molar-refractivity contribution in [3.63, 3.8) is 0 Å². The van der Waals surface area contributed by atoms with Crippen LogP contribution in [0.1, 0.15) is 137 Å². The highest BCUT2D eigenvalue weighted by molar-refractivity contribution is 8.76. The van der Waals surface area contributed by atoms with Crippen molar-refractivity contribution in [3.05, 3.63) is 35.9 Å². The van der Waals surface area contributed by atoms with E-state index >= 15 is 0 Å². The van der Waals surface area contributed by atoms with E-state index < -0.39 is 143 Å². The molecule has 0 spiro atoms. The molecule has 8 atom stereocenters. The predicted octanol–water partition coefficient (Wildman–Crippen LogP) is -2.47. The molecule has 21 N–H and O–H groups in total. The number of hydrogen-bond donors (Lipinski definition) is 18. The van der Waals surface area contributed by atoms with Gasteiger partial charge in [-0.25, -0.2) is 4.79 Å². The first-order chi connectivity index (χ1) is 55.1. The zero-order chi connectivity index (χ0) is 85.9. The van der Waals surface area contributed by atoms with Gasteiger partial charge in [0.2, 0.25) is 70.9 Å². The summed E-state index contributed by atoms with van der Waals surface area (Å²) >= 11 is 0.882. The van der Waals surface area contributed by atoms with Crippen LogP contribution in [0.2, 0.25) is 0 Å². The normalized spacial score (nSPS) is 19.7. The van der Waals surface area contributed by atoms with Crippen LogP contribution in [-0.4, -0.2) is 286 Å². The Labute approximate surface area is 687 Å². The van der Waals surface area contributed by atoms with Gasteiger partial charge in [0.15, 0.2) is 11.7 Å². The predicted molar refractivity (Wildman–Crippen MR) is 433 cm³/mol. The Morgan fingerprint density at radius 3 is 1.76 bits per heavy atom. The maximum absolute atomic E-state index is 14.7. The van der Waals surface area contributed by atoms with Gasteiger partial charge in [0.1, 0.15) is 61.1 Å². The number of aliphatic carboxylic acids is 1. The molecular formula is C73H120N18O22S3. The van der Waals surface area contributed by atoms with Crippen molar-refractivity contribution in [2.45, 2.75) is 191 Å². The van der Waals surface area contributed by atoms with Crippen LogP contribution in [-0.2, 0) is 97.2 Å². The lowest BCUT2D eigenvalue weighted by atomic mass is 9.95. The molecule has 2 saturated heterocycles. The van der Waals surface area contributed by atoms with Crippen molar-refractivity contribution < 1.29 is 106 Å². The highest BCUT2D eigenvalue weighted by Crippen LogP contribution is 2.25. The number of carbonyl (C=O) groups is 15. The van der Waals surface area contributed by atoms with Crippen molar-refractivity contribution in [2.24, 2.45) is 33.3 Å². The molecule has 1 aromatic carbocycles. The van der Waals surface area contributed by atoms with Gasteiger partial charge in [0.05, 0.1) is 63.0 Å². The van der Waals surface area contributed by atoms with Crippen LogP contribution in [0.4, 0.5) is 4.79 Å². The smallest absolute Gasteiger partial charge is 0.407 e. The number of alkyl carbamates (subject to hydrolysis) is 1. The number of aliphatic imine (C=N–C) groups is 1. The maximum Gasteiger partial charge on any atom is 0.407 e. The molecule has 1 unspecified atom stereocenters. The van der Waals surface area contributed by atoms with Gasteiger partial charge in [-0.1, -0.05) is 57.1 Å². The molecule has 2 heterocycles. The number of carboxylic acid groups (broad SMARTS) is 1. The fourth-order valence-corrected chi connectivity index (χ4v) is 14.1. The first kappa shape index (κ1) is 101. The number of carbonyl (C=O) groups excluding carboxylic acids is 14. The van der Waals surface area contributed by atoms with Crippen molar-refractivity contribution in [3.8, 4) is 0 Å². The van der Waals surface area contributed by atoms with Crippen LogP contribution in [0.3, 0.4) is 0 Å². The monoisotopic (exact) mass is 1700 g/mol. The SMILES string of the molecule is C/C(=N/O)C(C)(C)NCCC(CCNC(=O)CCCC(=O)NCCCC[C@@H]1NC(=O)CSC[C@@H](C(=O)NCCOCCOCCOCCCC(=O)COCC(N)=O)NC(=O)[C@H](Cc2ccccc2)NC(=O)[C@@H]2CSSC[C@H](NC1=O)C(=O)N[C@@H](CCCN=C(N)N)C(=O)NCC(=O)N[C@@H](CC(=O)O)C(=O)N2)CCNC(=O)OC(C)(C)C. The molecule has 1 aromatic rings. The number of rotatable bonds is 46. The number of nitrogens with two attached hydrogens (primary N) is 3. The third-order valence-corrected chi connectivity index (χ3v) is 20.9. The summed E-state index contributed by atoms with van der Waals surface area (Å²) in [4.78, 5) is 206. The summed E-state index contributed by atoms with van der Waals surface area (Å²) in [6.07, 6.45) is 1.22. The molecule has 0 saturated carbocycles. The minimum atomic E-state index is -1.85. The third kappa shape index (κ3) is 46.6. The summed E-state index contributed by atoms with van der Waals surface area (Å²) in [5.41, 5.74) is 15.8. The molecule has 652 valence electrons. The van der Waals surface area contributed by atoms with Gasteiger partial charge in [-0.3, -0.25) is 72.1 Å². The first-order valence-electron chi connectivity index (χ1n) is 38.5. The van der Waals surface area contributed by atoms with Gasteiger partial charge >= 0.3 is 12.1 Å². The number of nitrogens with one attached hydrogen (secondary N) is 13. The molecule has 13 amide bonds. The maximum atomic E-state index is 14.7. The second-order valence-electron chi connectivity index (χ2n) is 28.8. The van der Waals surface area contributed by atoms with Crippen LogP contribution < -0.4 is 86.3 Å². The zero-order valence-electron chi connectivity index (χ0n) is 67.0. The average molecular weight is 1700 g/mol. The summed E-state index contributed by atoms with van der Waals surface area (Å²) < 4.78 is 27.0. The first-order valence-corrected chi connectivity index (χ1v) is 42.1. The summed E-state index contributed by atoms with van der Waals surface area (Å²) in [7, 11) is 1.80. The van der Waals surface area contributed by atoms with E-state index in [-0.39, 0.29) is 183 Å². The molecule has 3 rings (SSSR count). The summed E-state index contributed by atoms with van der Waals surface area (Å²) in [5.74, 6) is -13.0. The molecule has 0 aromatic heterocycles. The number of benzene rings is 1. The molecule has 2 fully saturated rings. The number of ether oxygens (including phenoxy) is 5. The third-order valence-electron chi connectivity index (χ3n) is 17.4. The lowest BCUT2D eigenvalue weighted by Crippen LogP contribution is -2.60. The Bertz CT molecular complexity index is 3390. The van der Waals surface area contributed by atoms with E-state index in [0.29, 0.717) is 56.6 Å². The van der Waals surface area contributed by atoms with Gasteiger partial charge in [-0.15, -0.1) is 11.8 Å². The van der Waals surface area contributed by atoms with Crippen LogP contribution in [0.25, 0.3) is 0 Å². The molecule has 2 bridgehead atoms. The van der Waals surface area contributed by atoms with Crippen molar-refractivity contribution >= 4 is 134 Å². The van der Waals surface area contributed by atoms with E-state index in [9.17, 15) is 82.2 Å². The molecular weight excluding hydrogens is 1580 g/mol. The van der Waals surface area contributed by atoms with E-state index in [0.717, 1.165) is 33.3 Å². The Morgan fingerprint density at radius 2 is 1.14 bits per heavy atom. The van der Waals surface area contributed by atoms with Crippen LogP contribution in [0.5, 0.6) is 0 Å². The van der Waals surface area contributed by atoms with Crippen molar-refractivity contribution in [2.75, 3.05) is 122 Å². The number of hydrogen-bond acceptors (Lipinski definition) is 27. The van der Waals surface area contributed by atoms with Crippen LogP contribution in [0.15, 0.2) is 40.5 Å². The van der Waals surface area contributed by atoms with Gasteiger partial charge in [0.25, 0.3) is 0 Å². The van der Waals surface area contributed by atoms with Crippen molar-refractivity contribution in [1.82, 2.24) is 69.1 Å². The number of Topliss-reactive ketones (excluding diaryl/α,β-unsaturated/α-hetero) is 1. The fraction of sp³-hybridized carbons (Fsp3) is 0.685. The van der Waals surface area contributed by atoms with E-state index in [1.54, 1.807) is 58.0 Å². The molecule has 116 heavy (non-hydrogen) atoms. The number of ketones is 1. The molecule has 43 heteroatoms. The van der Waals surface area contributed by atoms with E-state index in [1.165, 1.54) is 0 Å². The van der Waals surface area contributed by atoms with Gasteiger partial charge in [-0.05, 0) is 124 Å². The van der Waals surface area contributed by atoms with Gasteiger partial charge in [0, 0.05) is 82.3 Å². The number of primary amides is 1. The van der Waals surface area contributed by atoms with Gasteiger partial charge < -0.3 is 120 Å². The number of nitrogens with zero attached hydrogens (tertiary/aromatic N) is 2. The highest BCUT2D eigenvalue weighted by atomic mass is 33.1. The fourth-order valence-electron chi connectivity index (χ4n) is 11.0. The Hall–Kier alpha value is -9.14. The molecule has 40 nitrogen and oxygen atoms in total. The Morgan fingerprint density at radius 1 is 0.569 bits per heavy atom. The number of amides is 13. The number of unbranched alkanes of at least 4 members (excludes halogenated alkanes) is 1. The molecule has 0 aliphatic carbocycles. The Kier molecular flexibility index (Phi) is 49.7. The second kappa shape index (κ2) is 57.0. The highest BCUT2D eigenvalue weighted by Gasteiger charge is 2.36. The molecule has 2 aliphatic heterocycles. The lowest BCUT2D eigenvalue weighted by molar-refractivity contribution is -0.141. The largest absolute Gasteiger partial charge is 0.481 e. The number of oxime groups is 1. The Balaban J connectivity index is 1.90. The van der Waals surface area contributed by atoms with Crippen LogP contribution in [0, 0.1) is 5.92 Å². The minimum Gasteiger partial charge on any atom is -0.481 e. The standard InChI is InChI=1S/C73H120N18O22S3/c1-46(91-108)73(5,6)83-29-24-47(23-28-81-71(107)113-72(2,3)4)22-27-78-59(95)21-12-20-58(94)77-25-11-10-18-51-65(102)89-55-43-115-116-44-56(90-67(104)53(38-62(98)99)85-60(96)39-82-63(100)50(86-68(55)105)19-13-26-80-70(75)76)69(106)87-52(37-48-15-8-7-9-16-48)66(103)88-54(42-114-45-61(97)84-51)64(101)79-30-32-110-34-36-111-35-33-109-31-14-17-49(92)40-112-41-57(74)93/h7-9,15-16,47,50-56,83,108H,10-14,17-45H2,1-6H3,(H2,74,93)(H,77,94)(H,78,95)(H,79,101)(H,81,107)(H,82,100)(H,84,97)(H,85,96)(H,86,105)(H,87,106)(H,88,103)(H,89,102)(H,90,104)(H,98,99)(H4,75,76,80)/b91-46-/t47?,50-,51-,52-,53-,54-,55-,56-/m0/s1. The van der Waals surface area contributed by atoms with Crippen molar-refractivity contribution in [1.29, 1.82) is 0 Å². The van der Waals surface area contributed by atoms with Gasteiger partial charge in [-0.2, -0.15) is 0 Å². The zero-order valence-corrected chi connectivity index (χ0v) is 69.4. The summed E-state index contributed by atoms with van der Waals surface area (Å²) in [6.45, 7) is 11.4. The number of carboxylic acids is 1. The van der Waals surface area contributed by atoms with E-state index in [4.69, 9.17) is 40.9 Å². The minimum absolute atomic E-state index is 0.00728. The lowest BCUT2D eigenvalue weighted by Gasteiger charge is -2.27.